The zero-order chi connectivity index (χ0) is 21.3. The van der Waals surface area contributed by atoms with Crippen molar-refractivity contribution in [2.24, 2.45) is 0 Å². The Bertz CT molecular complexity index is 1270. The molecule has 30 heavy (non-hydrogen) atoms. The van der Waals surface area contributed by atoms with Crippen molar-refractivity contribution >= 4 is 11.0 Å². The molecule has 0 bridgehead atoms. The molecule has 0 aliphatic heterocycles. The van der Waals surface area contributed by atoms with Crippen LogP contribution in [0.4, 0.5) is 13.2 Å². The highest BCUT2D eigenvalue weighted by atomic mass is 19.4. The van der Waals surface area contributed by atoms with E-state index in [-0.39, 0.29) is 28.7 Å². The van der Waals surface area contributed by atoms with Gasteiger partial charge in [-0.05, 0) is 36.2 Å². The Morgan fingerprint density at radius 2 is 1.90 bits per heavy atom. The van der Waals surface area contributed by atoms with E-state index < -0.39 is 17.5 Å². The van der Waals surface area contributed by atoms with Crippen LogP contribution in [-0.2, 0) is 12.6 Å². The summed E-state index contributed by atoms with van der Waals surface area (Å²) in [7, 11) is 0. The number of rotatable bonds is 4. The molecule has 4 aromatic rings. The smallest absolute Gasteiger partial charge is 0.433 e. The second-order valence-corrected chi connectivity index (χ2v) is 6.33. The molecule has 0 N–H and O–H groups in total. The first-order valence-corrected chi connectivity index (χ1v) is 8.96. The molecule has 0 aliphatic rings. The van der Waals surface area contributed by atoms with Gasteiger partial charge in [-0.1, -0.05) is 13.0 Å². The van der Waals surface area contributed by atoms with Crippen molar-refractivity contribution in [2.75, 3.05) is 0 Å². The van der Waals surface area contributed by atoms with E-state index >= 15 is 0 Å². The fourth-order valence-electron chi connectivity index (χ4n) is 2.92. The molecule has 0 unspecified atom stereocenters. The Labute approximate surface area is 168 Å². The second kappa shape index (κ2) is 7.58. The van der Waals surface area contributed by atoms with E-state index in [2.05, 4.69) is 15.0 Å². The lowest BCUT2D eigenvalue weighted by Gasteiger charge is -2.11. The first kappa shape index (κ1) is 19.6. The predicted molar refractivity (Wildman–Crippen MR) is 102 cm³/mol. The average Bonchev–Trinajstić information content (AvgIpc) is 2.72. The average molecular weight is 413 g/mol. The summed E-state index contributed by atoms with van der Waals surface area (Å²) < 4.78 is 50.7. The Morgan fingerprint density at radius 1 is 1.07 bits per heavy atom. The summed E-state index contributed by atoms with van der Waals surface area (Å²) in [5.41, 5.74) is -0.437. The van der Waals surface area contributed by atoms with Gasteiger partial charge in [-0.3, -0.25) is 4.98 Å². The Hall–Kier alpha value is -3.75. The molecule has 4 rings (SSSR count). The van der Waals surface area contributed by atoms with Gasteiger partial charge in [0.25, 0.3) is 0 Å². The molecule has 0 atom stereocenters. The van der Waals surface area contributed by atoms with Crippen LogP contribution in [0.5, 0.6) is 11.6 Å². The maximum absolute atomic E-state index is 13.3. The standard InChI is InChI=1S/C21H14F3N3O3/c1-2-12-9-19(28)30-16-10-13(6-7-14(12)16)29-18-11-17(21(22,23)24)26-20(27-18)15-5-3-4-8-25-15/h3-11H,2H2,1H3. The summed E-state index contributed by atoms with van der Waals surface area (Å²) >= 11 is 0. The van der Waals surface area contributed by atoms with Gasteiger partial charge in [0.15, 0.2) is 11.5 Å². The molecule has 0 spiro atoms. The van der Waals surface area contributed by atoms with Crippen molar-refractivity contribution in [1.82, 2.24) is 15.0 Å². The molecule has 6 nitrogen and oxygen atoms in total. The maximum Gasteiger partial charge on any atom is 0.433 e. The zero-order valence-corrected chi connectivity index (χ0v) is 15.6. The third kappa shape index (κ3) is 4.00. The van der Waals surface area contributed by atoms with Crippen molar-refractivity contribution in [3.05, 3.63) is 76.4 Å². The number of aryl methyl sites for hydroxylation is 1. The summed E-state index contributed by atoms with van der Waals surface area (Å²) in [6.45, 7) is 1.90. The van der Waals surface area contributed by atoms with Gasteiger partial charge in [0.2, 0.25) is 5.88 Å². The lowest BCUT2D eigenvalue weighted by atomic mass is 10.1. The van der Waals surface area contributed by atoms with Crippen molar-refractivity contribution in [3.63, 3.8) is 0 Å². The molecule has 3 aromatic heterocycles. The van der Waals surface area contributed by atoms with Crippen LogP contribution in [-0.4, -0.2) is 15.0 Å². The third-order valence-corrected chi connectivity index (χ3v) is 4.29. The lowest BCUT2D eigenvalue weighted by Crippen LogP contribution is -2.10. The number of alkyl halides is 3. The van der Waals surface area contributed by atoms with Crippen LogP contribution in [0.3, 0.4) is 0 Å². The quantitative estimate of drug-likeness (QED) is 0.437. The van der Waals surface area contributed by atoms with Crippen molar-refractivity contribution in [2.45, 2.75) is 19.5 Å². The van der Waals surface area contributed by atoms with E-state index in [1.807, 2.05) is 6.92 Å². The number of hydrogen-bond donors (Lipinski definition) is 0. The number of nitrogens with zero attached hydrogens (tertiary/aromatic N) is 3. The summed E-state index contributed by atoms with van der Waals surface area (Å²) in [4.78, 5) is 23.3. The Kier molecular flexibility index (Phi) is 4.94. The van der Waals surface area contributed by atoms with E-state index in [1.165, 1.54) is 24.4 Å². The van der Waals surface area contributed by atoms with Crippen LogP contribution in [0, 0.1) is 0 Å². The minimum absolute atomic E-state index is 0.165. The number of benzene rings is 1. The largest absolute Gasteiger partial charge is 0.439 e. The predicted octanol–water partition coefficient (Wildman–Crippen LogP) is 5.02. The maximum atomic E-state index is 13.3. The number of fused-ring (bicyclic) bond motifs is 1. The van der Waals surface area contributed by atoms with Crippen LogP contribution in [0.25, 0.3) is 22.5 Å². The molecule has 9 heteroatoms. The van der Waals surface area contributed by atoms with Crippen LogP contribution in [0.15, 0.2) is 63.9 Å². The minimum Gasteiger partial charge on any atom is -0.439 e. The highest BCUT2D eigenvalue weighted by molar-refractivity contribution is 5.81. The first-order valence-electron chi connectivity index (χ1n) is 8.96. The molecule has 0 amide bonds. The van der Waals surface area contributed by atoms with E-state index in [4.69, 9.17) is 9.15 Å². The SMILES string of the molecule is CCc1cc(=O)oc2cc(Oc3cc(C(F)(F)F)nc(-c4ccccn4)n3)ccc12. The van der Waals surface area contributed by atoms with Crippen molar-refractivity contribution < 1.29 is 22.3 Å². The number of ether oxygens (including phenoxy) is 1. The molecule has 0 radical (unpaired) electrons. The summed E-state index contributed by atoms with van der Waals surface area (Å²) in [5.74, 6) is -0.370. The normalized spacial score (nSPS) is 11.6. The van der Waals surface area contributed by atoms with Gasteiger partial charge in [0, 0.05) is 29.8 Å². The number of pyridine rings is 1. The van der Waals surface area contributed by atoms with Crippen LogP contribution >= 0.6 is 0 Å². The van der Waals surface area contributed by atoms with Crippen molar-refractivity contribution in [1.29, 1.82) is 0 Å². The molecule has 0 aliphatic carbocycles. The molecule has 152 valence electrons. The Morgan fingerprint density at radius 3 is 2.60 bits per heavy atom. The molecule has 3 heterocycles. The van der Waals surface area contributed by atoms with E-state index in [0.717, 1.165) is 10.9 Å². The van der Waals surface area contributed by atoms with Gasteiger partial charge in [0.1, 0.15) is 17.0 Å². The van der Waals surface area contributed by atoms with Gasteiger partial charge in [-0.25, -0.2) is 9.78 Å². The molecule has 0 saturated heterocycles. The highest BCUT2D eigenvalue weighted by Crippen LogP contribution is 2.33. The van der Waals surface area contributed by atoms with E-state index in [1.54, 1.807) is 24.3 Å². The number of hydrogen-bond acceptors (Lipinski definition) is 6. The van der Waals surface area contributed by atoms with Crippen LogP contribution < -0.4 is 10.4 Å². The van der Waals surface area contributed by atoms with Gasteiger partial charge >= 0.3 is 11.8 Å². The Balaban J connectivity index is 1.78. The first-order chi connectivity index (χ1) is 14.3. The topological polar surface area (TPSA) is 78.1 Å². The summed E-state index contributed by atoms with van der Waals surface area (Å²) in [5, 5.41) is 0.720. The van der Waals surface area contributed by atoms with Crippen molar-refractivity contribution in [3.8, 4) is 23.1 Å². The number of aromatic nitrogens is 3. The monoisotopic (exact) mass is 413 g/mol. The minimum atomic E-state index is -4.70. The molecule has 0 saturated carbocycles. The summed E-state index contributed by atoms with van der Waals surface area (Å²) in [6, 6.07) is 11.5. The second-order valence-electron chi connectivity index (χ2n) is 6.33. The molecular formula is C21H14F3N3O3. The fourth-order valence-corrected chi connectivity index (χ4v) is 2.92. The van der Waals surface area contributed by atoms with Crippen LogP contribution in [0.2, 0.25) is 0 Å². The summed E-state index contributed by atoms with van der Waals surface area (Å²) in [6.07, 6.45) is -2.65. The van der Waals surface area contributed by atoms with Gasteiger partial charge in [-0.2, -0.15) is 18.2 Å². The molecule has 0 fully saturated rings. The molecular weight excluding hydrogens is 399 g/mol. The van der Waals surface area contributed by atoms with Gasteiger partial charge < -0.3 is 9.15 Å². The lowest BCUT2D eigenvalue weighted by molar-refractivity contribution is -0.141. The number of halogens is 3. The van der Waals surface area contributed by atoms with E-state index in [0.29, 0.717) is 12.5 Å². The molecule has 1 aromatic carbocycles. The van der Waals surface area contributed by atoms with E-state index in [9.17, 15) is 18.0 Å². The van der Waals surface area contributed by atoms with Crippen LogP contribution in [0.1, 0.15) is 18.2 Å². The van der Waals surface area contributed by atoms with Gasteiger partial charge in [-0.15, -0.1) is 0 Å². The third-order valence-electron chi connectivity index (χ3n) is 4.29. The van der Waals surface area contributed by atoms with Gasteiger partial charge in [0.05, 0.1) is 0 Å². The zero-order valence-electron chi connectivity index (χ0n) is 15.6. The fraction of sp³-hybridized carbons (Fsp3) is 0.143. The highest BCUT2D eigenvalue weighted by Gasteiger charge is 2.34.